The van der Waals surface area contributed by atoms with Crippen molar-refractivity contribution in [3.63, 3.8) is 0 Å². The first-order chi connectivity index (χ1) is 16.6. The van der Waals surface area contributed by atoms with Crippen molar-refractivity contribution >= 4 is 33.6 Å². The third kappa shape index (κ3) is 3.61. The van der Waals surface area contributed by atoms with Gasteiger partial charge in [0.15, 0.2) is 17.4 Å². The maximum atomic E-state index is 13.8. The minimum Gasteiger partial charge on any atom is -0.383 e. The number of ether oxygens (including phenoxy) is 2. The van der Waals surface area contributed by atoms with Gasteiger partial charge in [-0.2, -0.15) is 0 Å². The molecule has 3 aromatic heterocycles. The molecule has 2 aliphatic rings. The number of aryl methyl sites for hydroxylation is 1. The van der Waals surface area contributed by atoms with E-state index in [2.05, 4.69) is 26.4 Å². The van der Waals surface area contributed by atoms with Crippen LogP contribution in [0.3, 0.4) is 0 Å². The molecule has 4 N–H and O–H groups in total. The standard InChI is InChI=1S/C26H29FN6O2/c1-25(2)34-20-19(33-9-7-16-22(28)30-13-31-24(16)33)12-26(3,21(20)35-25)8-6-14-4-5-15-11-17(27)23(29)32-18(15)10-14/h4-5,7,9-11,13,19-21H,6,8,12H2,1-3H3,(H2,29,32)(H2,28,30,31)/t19-,20+,21+,26-/m1/s1. The summed E-state index contributed by atoms with van der Waals surface area (Å²) in [5.41, 5.74) is 14.3. The van der Waals surface area contributed by atoms with Crippen LogP contribution >= 0.6 is 0 Å². The predicted octanol–water partition coefficient (Wildman–Crippen LogP) is 4.39. The monoisotopic (exact) mass is 476 g/mol. The summed E-state index contributed by atoms with van der Waals surface area (Å²) in [6.07, 6.45) is 5.94. The molecule has 0 amide bonds. The van der Waals surface area contributed by atoms with E-state index in [0.717, 1.165) is 41.2 Å². The van der Waals surface area contributed by atoms with Crippen molar-refractivity contribution in [2.75, 3.05) is 11.5 Å². The molecule has 9 heteroatoms. The number of anilines is 2. The fourth-order valence-corrected chi connectivity index (χ4v) is 5.87. The fraction of sp³-hybridized carbons (Fsp3) is 0.423. The first-order valence-corrected chi connectivity index (χ1v) is 11.9. The van der Waals surface area contributed by atoms with Crippen LogP contribution in [0.15, 0.2) is 42.9 Å². The van der Waals surface area contributed by atoms with Gasteiger partial charge in [-0.1, -0.05) is 19.1 Å². The predicted molar refractivity (Wildman–Crippen MR) is 132 cm³/mol. The molecule has 0 bridgehead atoms. The molecule has 2 fully saturated rings. The van der Waals surface area contributed by atoms with Gasteiger partial charge in [0.05, 0.1) is 23.0 Å². The molecule has 4 atom stereocenters. The number of pyridine rings is 1. The summed E-state index contributed by atoms with van der Waals surface area (Å²) in [5.74, 6) is -0.766. The lowest BCUT2D eigenvalue weighted by Crippen LogP contribution is -2.34. The number of nitrogens with two attached hydrogens (primary N) is 2. The second kappa shape index (κ2) is 7.60. The Morgan fingerprint density at radius 3 is 2.74 bits per heavy atom. The number of halogens is 1. The van der Waals surface area contributed by atoms with Crippen LogP contribution in [0.25, 0.3) is 21.9 Å². The Hall–Kier alpha value is -3.30. The van der Waals surface area contributed by atoms with Gasteiger partial charge in [-0.15, -0.1) is 0 Å². The Balaban J connectivity index is 1.31. The minimum atomic E-state index is -0.666. The van der Waals surface area contributed by atoms with Crippen LogP contribution in [-0.4, -0.2) is 37.5 Å². The molecule has 35 heavy (non-hydrogen) atoms. The van der Waals surface area contributed by atoms with E-state index >= 15 is 0 Å². The Morgan fingerprint density at radius 2 is 1.91 bits per heavy atom. The van der Waals surface area contributed by atoms with Gasteiger partial charge in [-0.05, 0) is 62.3 Å². The van der Waals surface area contributed by atoms with Gasteiger partial charge in [0.2, 0.25) is 0 Å². The molecule has 4 heterocycles. The van der Waals surface area contributed by atoms with Gasteiger partial charge >= 0.3 is 0 Å². The molecule has 182 valence electrons. The van der Waals surface area contributed by atoms with Crippen LogP contribution in [0.2, 0.25) is 0 Å². The lowest BCUT2D eigenvalue weighted by atomic mass is 9.80. The number of benzene rings is 1. The Bertz CT molecular complexity index is 1450. The van der Waals surface area contributed by atoms with E-state index in [1.54, 1.807) is 0 Å². The van der Waals surface area contributed by atoms with Gasteiger partial charge in [0.25, 0.3) is 0 Å². The number of fused-ring (bicyclic) bond motifs is 3. The van der Waals surface area contributed by atoms with E-state index in [0.29, 0.717) is 11.3 Å². The Morgan fingerprint density at radius 1 is 1.09 bits per heavy atom. The average molecular weight is 477 g/mol. The topological polar surface area (TPSA) is 114 Å². The van der Waals surface area contributed by atoms with E-state index in [1.165, 1.54) is 12.4 Å². The highest BCUT2D eigenvalue weighted by Crippen LogP contribution is 2.55. The molecule has 6 rings (SSSR count). The van der Waals surface area contributed by atoms with Crippen molar-refractivity contribution in [3.05, 3.63) is 54.2 Å². The third-order valence-electron chi connectivity index (χ3n) is 7.62. The zero-order valence-corrected chi connectivity index (χ0v) is 20.0. The highest BCUT2D eigenvalue weighted by molar-refractivity contribution is 5.86. The van der Waals surface area contributed by atoms with Gasteiger partial charge in [0, 0.05) is 11.6 Å². The molecule has 1 aromatic carbocycles. The molecule has 8 nitrogen and oxygen atoms in total. The summed E-state index contributed by atoms with van der Waals surface area (Å²) in [6.45, 7) is 6.21. The molecule has 1 aliphatic heterocycles. The van der Waals surface area contributed by atoms with Crippen molar-refractivity contribution in [1.82, 2.24) is 19.5 Å². The normalized spacial score (nSPS) is 27.6. The summed E-state index contributed by atoms with van der Waals surface area (Å²) in [6, 6.07) is 9.37. The second-order valence-corrected chi connectivity index (χ2v) is 10.5. The first-order valence-electron chi connectivity index (χ1n) is 11.9. The number of hydrogen-bond acceptors (Lipinski definition) is 7. The highest BCUT2D eigenvalue weighted by Gasteiger charge is 2.59. The van der Waals surface area contributed by atoms with Gasteiger partial charge in [0.1, 0.15) is 23.9 Å². The maximum Gasteiger partial charge on any atom is 0.165 e. The van der Waals surface area contributed by atoms with Crippen LogP contribution in [0.1, 0.15) is 45.2 Å². The molecule has 1 saturated carbocycles. The number of hydrogen-bond donors (Lipinski definition) is 2. The summed E-state index contributed by atoms with van der Waals surface area (Å²) in [5, 5.41) is 1.58. The van der Waals surface area contributed by atoms with Crippen molar-refractivity contribution in [2.45, 2.75) is 64.1 Å². The first kappa shape index (κ1) is 22.2. The summed E-state index contributed by atoms with van der Waals surface area (Å²) >= 11 is 0. The molecule has 1 saturated heterocycles. The molecule has 1 aliphatic carbocycles. The fourth-order valence-electron chi connectivity index (χ4n) is 5.87. The van der Waals surface area contributed by atoms with Crippen molar-refractivity contribution in [3.8, 4) is 0 Å². The average Bonchev–Trinajstić information content (AvgIpc) is 3.45. The van der Waals surface area contributed by atoms with Crippen LogP contribution in [0.4, 0.5) is 16.0 Å². The van der Waals surface area contributed by atoms with E-state index in [1.807, 2.05) is 44.3 Å². The Kier molecular flexibility index (Phi) is 4.82. The molecular weight excluding hydrogens is 447 g/mol. The summed E-state index contributed by atoms with van der Waals surface area (Å²) in [4.78, 5) is 12.9. The summed E-state index contributed by atoms with van der Waals surface area (Å²) in [7, 11) is 0. The van der Waals surface area contributed by atoms with E-state index in [-0.39, 0.29) is 29.5 Å². The van der Waals surface area contributed by atoms with E-state index in [4.69, 9.17) is 20.9 Å². The van der Waals surface area contributed by atoms with Crippen molar-refractivity contribution in [1.29, 1.82) is 0 Å². The SMILES string of the molecule is CC1(C)O[C@H]2[C@H](n3ccc4c(N)ncnc43)C[C@@](C)(CCc3ccc4cc(F)c(N)nc4c3)[C@H]2O1. The number of rotatable bonds is 4. The second-order valence-electron chi connectivity index (χ2n) is 10.5. The molecular formula is C26H29FN6O2. The Labute approximate surface area is 202 Å². The molecule has 0 unspecified atom stereocenters. The quantitative estimate of drug-likeness (QED) is 0.449. The third-order valence-corrected chi connectivity index (χ3v) is 7.62. The van der Waals surface area contributed by atoms with Crippen molar-refractivity contribution in [2.24, 2.45) is 5.41 Å². The number of nitrogen functional groups attached to an aromatic ring is 2. The zero-order chi connectivity index (χ0) is 24.5. The van der Waals surface area contributed by atoms with Crippen molar-refractivity contribution < 1.29 is 13.9 Å². The lowest BCUT2D eigenvalue weighted by Gasteiger charge is -2.32. The molecule has 4 aromatic rings. The van der Waals surface area contributed by atoms with E-state index in [9.17, 15) is 4.39 Å². The smallest absolute Gasteiger partial charge is 0.165 e. The van der Waals surface area contributed by atoms with Crippen LogP contribution in [0, 0.1) is 11.2 Å². The van der Waals surface area contributed by atoms with Gasteiger partial charge in [-0.25, -0.2) is 19.3 Å². The zero-order valence-electron chi connectivity index (χ0n) is 20.0. The largest absolute Gasteiger partial charge is 0.383 e. The van der Waals surface area contributed by atoms with Crippen LogP contribution < -0.4 is 11.5 Å². The van der Waals surface area contributed by atoms with E-state index < -0.39 is 11.6 Å². The number of nitrogens with zero attached hydrogens (tertiary/aromatic N) is 4. The maximum absolute atomic E-state index is 13.8. The summed E-state index contributed by atoms with van der Waals surface area (Å²) < 4.78 is 28.9. The lowest BCUT2D eigenvalue weighted by molar-refractivity contribution is -0.168. The highest BCUT2D eigenvalue weighted by atomic mass is 19.1. The van der Waals surface area contributed by atoms with Crippen LogP contribution in [0.5, 0.6) is 0 Å². The minimum absolute atomic E-state index is 0.0552. The molecule has 0 spiro atoms. The van der Waals surface area contributed by atoms with Gasteiger partial charge in [-0.3, -0.25) is 0 Å². The van der Waals surface area contributed by atoms with Gasteiger partial charge < -0.3 is 25.5 Å². The number of aromatic nitrogens is 4. The molecule has 0 radical (unpaired) electrons. The van der Waals surface area contributed by atoms with Crippen LogP contribution in [-0.2, 0) is 15.9 Å².